The molecule has 1 aliphatic carbocycles. The van der Waals surface area contributed by atoms with Gasteiger partial charge in [0.1, 0.15) is 29.4 Å². The van der Waals surface area contributed by atoms with Gasteiger partial charge in [-0.2, -0.15) is 0 Å². The highest BCUT2D eigenvalue weighted by Crippen LogP contribution is 2.61. The maximum Gasteiger partial charge on any atom is 0.255 e. The van der Waals surface area contributed by atoms with Crippen molar-refractivity contribution in [1.29, 1.82) is 0 Å². The van der Waals surface area contributed by atoms with E-state index in [9.17, 15) is 4.79 Å². The van der Waals surface area contributed by atoms with Gasteiger partial charge >= 0.3 is 0 Å². The molecule has 0 atom stereocenters. The van der Waals surface area contributed by atoms with E-state index in [1.54, 1.807) is 39.4 Å². The average molecular weight is 560 g/mol. The van der Waals surface area contributed by atoms with Crippen molar-refractivity contribution in [2.24, 2.45) is 5.41 Å². The van der Waals surface area contributed by atoms with Gasteiger partial charge in [-0.3, -0.25) is 14.7 Å². The molecule has 1 N–H and O–H groups in total. The van der Waals surface area contributed by atoms with Crippen molar-refractivity contribution in [1.82, 2.24) is 15.2 Å². The van der Waals surface area contributed by atoms with Gasteiger partial charge in [0.2, 0.25) is 0 Å². The van der Waals surface area contributed by atoms with Crippen LogP contribution >= 0.6 is 0 Å². The monoisotopic (exact) mass is 559 g/mol. The van der Waals surface area contributed by atoms with Gasteiger partial charge < -0.3 is 33.4 Å². The number of carbonyl (C=O) groups is 1. The summed E-state index contributed by atoms with van der Waals surface area (Å²) in [4.78, 5) is 19.2. The summed E-state index contributed by atoms with van der Waals surface area (Å²) in [7, 11) is 3.22. The molecule has 7 rings (SSSR count). The number of methoxy groups -OCH3 is 1. The lowest BCUT2D eigenvalue weighted by Crippen LogP contribution is -2.41. The summed E-state index contributed by atoms with van der Waals surface area (Å²) >= 11 is 0. The molecule has 0 bridgehead atoms. The number of hydrogen-bond donors (Lipinski definition) is 1. The SMILES string of the molecule is CNC(=O)c1c(C)oc2cc(Oc3ccnc4cc(OCCN5CC6(CC6)C6(C5)OCCO6)c(OC)cc34)ccc12. The van der Waals surface area contributed by atoms with Crippen LogP contribution in [0.3, 0.4) is 0 Å². The van der Waals surface area contributed by atoms with Crippen molar-refractivity contribution in [2.75, 3.05) is 53.6 Å². The lowest BCUT2D eigenvalue weighted by atomic mass is 10.00. The highest BCUT2D eigenvalue weighted by molar-refractivity contribution is 6.07. The van der Waals surface area contributed by atoms with Crippen LogP contribution in [-0.4, -0.2) is 75.2 Å². The molecule has 214 valence electrons. The summed E-state index contributed by atoms with van der Waals surface area (Å²) in [6, 6.07) is 11.0. The van der Waals surface area contributed by atoms with Gasteiger partial charge in [-0.25, -0.2) is 0 Å². The first-order valence-corrected chi connectivity index (χ1v) is 14.0. The van der Waals surface area contributed by atoms with Crippen molar-refractivity contribution < 1.29 is 32.9 Å². The molecule has 3 aliphatic rings. The third-order valence-corrected chi connectivity index (χ3v) is 8.54. The number of aromatic nitrogens is 1. The van der Waals surface area contributed by atoms with Crippen molar-refractivity contribution >= 4 is 27.8 Å². The molecule has 2 spiro atoms. The van der Waals surface area contributed by atoms with Gasteiger partial charge in [0.15, 0.2) is 17.3 Å². The molecule has 0 radical (unpaired) electrons. The quantitative estimate of drug-likeness (QED) is 0.330. The number of amides is 1. The Bertz CT molecular complexity index is 1640. The van der Waals surface area contributed by atoms with E-state index in [-0.39, 0.29) is 11.3 Å². The summed E-state index contributed by atoms with van der Waals surface area (Å²) in [6.45, 7) is 6.16. The first kappa shape index (κ1) is 26.1. The number of aryl methyl sites for hydroxylation is 1. The molecule has 0 unspecified atom stereocenters. The topological polar surface area (TPSA) is 105 Å². The zero-order chi connectivity index (χ0) is 28.2. The molecule has 2 aromatic heterocycles. The van der Waals surface area contributed by atoms with Crippen molar-refractivity contribution in [3.8, 4) is 23.0 Å². The number of hydrogen-bond acceptors (Lipinski definition) is 9. The molecule has 4 aromatic rings. The van der Waals surface area contributed by atoms with Crippen LogP contribution in [0.1, 0.15) is 29.0 Å². The van der Waals surface area contributed by atoms with Crippen LogP contribution in [-0.2, 0) is 9.47 Å². The van der Waals surface area contributed by atoms with E-state index < -0.39 is 5.79 Å². The minimum absolute atomic E-state index is 0.150. The Hall–Kier alpha value is -3.86. The smallest absolute Gasteiger partial charge is 0.255 e. The number of nitrogens with zero attached hydrogens (tertiary/aromatic N) is 2. The Labute approximate surface area is 237 Å². The molecular weight excluding hydrogens is 526 g/mol. The third kappa shape index (κ3) is 4.37. The lowest BCUT2D eigenvalue weighted by Gasteiger charge is -2.28. The predicted octanol–water partition coefficient (Wildman–Crippen LogP) is 4.67. The Morgan fingerprint density at radius 2 is 1.88 bits per heavy atom. The van der Waals surface area contributed by atoms with Gasteiger partial charge in [0.05, 0.1) is 37.9 Å². The van der Waals surface area contributed by atoms with Crippen molar-refractivity contribution in [3.05, 3.63) is 53.9 Å². The number of furan rings is 1. The van der Waals surface area contributed by atoms with Crippen molar-refractivity contribution in [2.45, 2.75) is 25.6 Å². The van der Waals surface area contributed by atoms with E-state index in [1.165, 1.54) is 0 Å². The number of ether oxygens (including phenoxy) is 5. The van der Waals surface area contributed by atoms with Crippen LogP contribution in [0.25, 0.3) is 21.9 Å². The van der Waals surface area contributed by atoms with Crippen LogP contribution in [0.2, 0.25) is 0 Å². The fraction of sp³-hybridized carbons (Fsp3) is 0.419. The summed E-state index contributed by atoms with van der Waals surface area (Å²) < 4.78 is 36.2. The first-order chi connectivity index (χ1) is 19.9. The van der Waals surface area contributed by atoms with Gasteiger partial charge in [0, 0.05) is 54.7 Å². The normalized spacial score (nSPS) is 18.9. The molecule has 2 aliphatic heterocycles. The summed E-state index contributed by atoms with van der Waals surface area (Å²) in [6.07, 6.45) is 4.02. The van der Waals surface area contributed by atoms with Crippen LogP contribution < -0.4 is 19.5 Å². The average Bonchev–Trinajstić information content (AvgIpc) is 3.32. The van der Waals surface area contributed by atoms with Gasteiger partial charge in [-0.05, 0) is 44.0 Å². The van der Waals surface area contributed by atoms with E-state index in [1.807, 2.05) is 24.3 Å². The summed E-state index contributed by atoms with van der Waals surface area (Å²) in [5.41, 5.74) is 1.97. The van der Waals surface area contributed by atoms with Crippen LogP contribution in [0.15, 0.2) is 47.0 Å². The third-order valence-electron chi connectivity index (χ3n) is 8.54. The number of fused-ring (bicyclic) bond motifs is 3. The molecule has 2 aromatic carbocycles. The van der Waals surface area contributed by atoms with Gasteiger partial charge in [0.25, 0.3) is 5.91 Å². The number of nitrogens with one attached hydrogen (secondary N) is 1. The number of benzene rings is 2. The summed E-state index contributed by atoms with van der Waals surface area (Å²) in [5.74, 6) is 2.36. The highest BCUT2D eigenvalue weighted by Gasteiger charge is 2.67. The molecule has 1 amide bonds. The van der Waals surface area contributed by atoms with E-state index in [2.05, 4.69) is 15.2 Å². The van der Waals surface area contributed by atoms with Crippen LogP contribution in [0, 0.1) is 12.3 Å². The fourth-order valence-electron chi connectivity index (χ4n) is 6.34. The van der Waals surface area contributed by atoms with Gasteiger partial charge in [-0.1, -0.05) is 0 Å². The van der Waals surface area contributed by atoms with E-state index in [0.717, 1.165) is 48.8 Å². The highest BCUT2D eigenvalue weighted by atomic mass is 16.7. The minimum Gasteiger partial charge on any atom is -0.493 e. The molecule has 3 fully saturated rings. The summed E-state index contributed by atoms with van der Waals surface area (Å²) in [5, 5.41) is 4.18. The number of carbonyl (C=O) groups excluding carboxylic acids is 1. The maximum absolute atomic E-state index is 12.3. The zero-order valence-electron chi connectivity index (χ0n) is 23.5. The lowest BCUT2D eigenvalue weighted by molar-refractivity contribution is -0.182. The second kappa shape index (κ2) is 9.90. The Kier molecular flexibility index (Phi) is 6.29. The van der Waals surface area contributed by atoms with E-state index in [0.29, 0.717) is 59.7 Å². The second-order valence-corrected chi connectivity index (χ2v) is 11.0. The molecular formula is C31H33N3O7. The molecule has 41 heavy (non-hydrogen) atoms. The minimum atomic E-state index is -0.430. The maximum atomic E-state index is 12.3. The fourth-order valence-corrected chi connectivity index (χ4v) is 6.34. The number of likely N-dealkylation sites (tertiary alicyclic amines) is 1. The number of pyridine rings is 1. The first-order valence-electron chi connectivity index (χ1n) is 14.0. The van der Waals surface area contributed by atoms with E-state index >= 15 is 0 Å². The Morgan fingerprint density at radius 3 is 2.63 bits per heavy atom. The molecule has 4 heterocycles. The number of rotatable bonds is 8. The largest absolute Gasteiger partial charge is 0.493 e. The van der Waals surface area contributed by atoms with Gasteiger partial charge in [-0.15, -0.1) is 0 Å². The predicted molar refractivity (Wildman–Crippen MR) is 151 cm³/mol. The van der Waals surface area contributed by atoms with Crippen LogP contribution in [0.5, 0.6) is 23.0 Å². The van der Waals surface area contributed by atoms with E-state index in [4.69, 9.17) is 28.1 Å². The van der Waals surface area contributed by atoms with Crippen molar-refractivity contribution in [3.63, 3.8) is 0 Å². The van der Waals surface area contributed by atoms with Crippen LogP contribution in [0.4, 0.5) is 0 Å². The molecule has 10 nitrogen and oxygen atoms in total. The second-order valence-electron chi connectivity index (χ2n) is 11.0. The molecule has 2 saturated heterocycles. The Morgan fingerprint density at radius 1 is 1.05 bits per heavy atom. The molecule has 10 heteroatoms. The Balaban J connectivity index is 1.08. The molecule has 1 saturated carbocycles. The zero-order valence-corrected chi connectivity index (χ0v) is 23.5. The standard InChI is InChI=1S/C31H33N3O7/c1-19-28(29(35)32-2)21-5-4-20(14-25(21)40-19)41-24-6-9-33-23-16-27(26(36-3)15-22(23)24)37-11-10-34-17-30(7-8-30)31(18-34)38-12-13-39-31/h4-6,9,14-16H,7-8,10-13,17-18H2,1-3H3,(H,32,35).